The van der Waals surface area contributed by atoms with Crippen LogP contribution in [0.4, 0.5) is 10.8 Å². The van der Waals surface area contributed by atoms with E-state index in [4.69, 9.17) is 9.97 Å². The predicted octanol–water partition coefficient (Wildman–Crippen LogP) is 2.77. The zero-order valence-corrected chi connectivity index (χ0v) is 15.8. The third-order valence-electron chi connectivity index (χ3n) is 4.83. The van der Waals surface area contributed by atoms with Gasteiger partial charge in [0.15, 0.2) is 5.82 Å². The number of carbonyl (C=O) groups is 1. The van der Waals surface area contributed by atoms with Crippen LogP contribution in [0.15, 0.2) is 30.5 Å². The largest absolute Gasteiger partial charge is 0.395 e. The molecular weight excluding hydrogens is 376 g/mol. The second-order valence-corrected chi connectivity index (χ2v) is 7.66. The summed E-state index contributed by atoms with van der Waals surface area (Å²) in [6.07, 6.45) is 3.23. The number of hydrogen-bond acceptors (Lipinski definition) is 7. The Kier molecular flexibility index (Phi) is 4.18. The summed E-state index contributed by atoms with van der Waals surface area (Å²) in [6.45, 7) is 1.12. The van der Waals surface area contributed by atoms with E-state index in [1.807, 2.05) is 29.2 Å². The molecule has 1 saturated heterocycles. The number of aromatic amines is 1. The molecule has 3 aromatic heterocycles. The van der Waals surface area contributed by atoms with Gasteiger partial charge in [0.25, 0.3) is 0 Å². The minimum Gasteiger partial charge on any atom is -0.395 e. The van der Waals surface area contributed by atoms with Crippen molar-refractivity contribution in [3.63, 3.8) is 0 Å². The van der Waals surface area contributed by atoms with E-state index in [9.17, 15) is 9.90 Å². The molecule has 5 rings (SSSR count). The number of H-pyrrole nitrogens is 1. The lowest BCUT2D eigenvalue weighted by molar-refractivity contribution is -0.117. The molecule has 4 aromatic rings. The van der Waals surface area contributed by atoms with Crippen molar-refractivity contribution in [2.45, 2.75) is 12.8 Å². The summed E-state index contributed by atoms with van der Waals surface area (Å²) in [4.78, 5) is 23.5. The molecular formula is C19H18N6O2S. The minimum atomic E-state index is 0.000978. The molecule has 0 spiro atoms. The van der Waals surface area contributed by atoms with E-state index in [1.165, 1.54) is 11.3 Å². The quantitative estimate of drug-likeness (QED) is 0.480. The highest BCUT2D eigenvalue weighted by Crippen LogP contribution is 2.38. The van der Waals surface area contributed by atoms with Crippen LogP contribution in [-0.4, -0.2) is 50.9 Å². The molecule has 8 nitrogen and oxygen atoms in total. The molecule has 1 aliphatic heterocycles. The van der Waals surface area contributed by atoms with Crippen LogP contribution in [0.5, 0.6) is 0 Å². The molecule has 28 heavy (non-hydrogen) atoms. The number of rotatable bonds is 5. The van der Waals surface area contributed by atoms with Crippen molar-refractivity contribution < 1.29 is 9.90 Å². The molecule has 1 aliphatic rings. The first-order valence-electron chi connectivity index (χ1n) is 9.14. The Morgan fingerprint density at radius 1 is 1.32 bits per heavy atom. The highest BCUT2D eigenvalue weighted by atomic mass is 32.1. The minimum absolute atomic E-state index is 0.000978. The van der Waals surface area contributed by atoms with E-state index in [2.05, 4.69) is 15.5 Å². The zero-order valence-electron chi connectivity index (χ0n) is 15.0. The van der Waals surface area contributed by atoms with Crippen molar-refractivity contribution in [1.82, 2.24) is 20.2 Å². The number of aliphatic hydroxyl groups excluding tert-OH is 1. The molecule has 0 aliphatic carbocycles. The van der Waals surface area contributed by atoms with Crippen LogP contribution in [0.25, 0.3) is 32.5 Å². The first kappa shape index (κ1) is 17.1. The third kappa shape index (κ3) is 2.79. The topological polar surface area (TPSA) is 107 Å². The van der Waals surface area contributed by atoms with Crippen LogP contribution in [0, 0.1) is 0 Å². The van der Waals surface area contributed by atoms with Crippen LogP contribution in [0.2, 0.25) is 0 Å². The van der Waals surface area contributed by atoms with E-state index < -0.39 is 0 Å². The summed E-state index contributed by atoms with van der Waals surface area (Å²) in [5.74, 6) is 1.39. The average Bonchev–Trinajstić information content (AvgIpc) is 3.43. The number of aliphatic hydroxyl groups is 1. The molecule has 0 bridgehead atoms. The molecule has 0 unspecified atom stereocenters. The molecule has 0 radical (unpaired) electrons. The average molecular weight is 394 g/mol. The van der Waals surface area contributed by atoms with Crippen molar-refractivity contribution in [1.29, 1.82) is 0 Å². The summed E-state index contributed by atoms with van der Waals surface area (Å²) in [7, 11) is 0. The maximum atomic E-state index is 12.2. The number of amides is 1. The molecule has 142 valence electrons. The summed E-state index contributed by atoms with van der Waals surface area (Å²) >= 11 is 1.50. The Labute approximate surface area is 164 Å². The fourth-order valence-corrected chi connectivity index (χ4v) is 4.62. The maximum Gasteiger partial charge on any atom is 0.227 e. The number of hydrogen-bond donors (Lipinski definition) is 3. The number of benzene rings is 1. The standard InChI is InChI=1S/C19H18N6O2S/c26-8-6-20-19-17-14(9-16(28-17)25-7-2-5-15(25)27)22-18(23-19)11-3-1-4-13-12(11)10-21-24-13/h1,3-4,9-10,26H,2,5-8H2,(H,21,24)(H,20,22,23). The third-order valence-corrected chi connectivity index (χ3v) is 5.98. The van der Waals surface area contributed by atoms with Gasteiger partial charge in [-0.1, -0.05) is 12.1 Å². The number of nitrogens with zero attached hydrogens (tertiary/aromatic N) is 4. The fraction of sp³-hybridized carbons (Fsp3) is 0.263. The van der Waals surface area contributed by atoms with Gasteiger partial charge in [-0.3, -0.25) is 9.89 Å². The van der Waals surface area contributed by atoms with Gasteiger partial charge in [0.2, 0.25) is 5.91 Å². The lowest BCUT2D eigenvalue weighted by Gasteiger charge is -2.11. The Bertz CT molecular complexity index is 1180. The smallest absolute Gasteiger partial charge is 0.227 e. The van der Waals surface area contributed by atoms with Crippen LogP contribution < -0.4 is 10.2 Å². The highest BCUT2D eigenvalue weighted by molar-refractivity contribution is 7.23. The Balaban J connectivity index is 1.68. The van der Waals surface area contributed by atoms with Gasteiger partial charge in [0.1, 0.15) is 10.8 Å². The van der Waals surface area contributed by atoms with Crippen molar-refractivity contribution in [2.24, 2.45) is 0 Å². The van der Waals surface area contributed by atoms with Gasteiger partial charge in [-0.15, -0.1) is 11.3 Å². The first-order valence-corrected chi connectivity index (χ1v) is 9.95. The number of aromatic nitrogens is 4. The van der Waals surface area contributed by atoms with Gasteiger partial charge in [-0.2, -0.15) is 5.10 Å². The lowest BCUT2D eigenvalue weighted by atomic mass is 10.1. The van der Waals surface area contributed by atoms with Gasteiger partial charge in [0.05, 0.1) is 28.5 Å². The number of thiophene rings is 1. The molecule has 0 saturated carbocycles. The summed E-state index contributed by atoms with van der Waals surface area (Å²) in [5, 5.41) is 21.3. The Morgan fingerprint density at radius 2 is 2.25 bits per heavy atom. The molecule has 0 atom stereocenters. The Morgan fingerprint density at radius 3 is 3.07 bits per heavy atom. The molecule has 9 heteroatoms. The molecule has 4 heterocycles. The fourth-order valence-electron chi connectivity index (χ4n) is 3.51. The van der Waals surface area contributed by atoms with Gasteiger partial charge in [-0.25, -0.2) is 9.97 Å². The maximum absolute atomic E-state index is 12.2. The van der Waals surface area contributed by atoms with Crippen molar-refractivity contribution in [3.8, 4) is 11.4 Å². The van der Waals surface area contributed by atoms with E-state index >= 15 is 0 Å². The van der Waals surface area contributed by atoms with Crippen molar-refractivity contribution in [3.05, 3.63) is 30.5 Å². The zero-order chi connectivity index (χ0) is 19.1. The first-order chi connectivity index (χ1) is 13.7. The highest BCUT2D eigenvalue weighted by Gasteiger charge is 2.25. The van der Waals surface area contributed by atoms with E-state index in [1.54, 1.807) is 6.20 Å². The summed E-state index contributed by atoms with van der Waals surface area (Å²) < 4.78 is 0.881. The van der Waals surface area contributed by atoms with E-state index in [0.717, 1.165) is 44.6 Å². The van der Waals surface area contributed by atoms with E-state index in [0.29, 0.717) is 24.6 Å². The normalized spacial score (nSPS) is 14.5. The number of anilines is 2. The van der Waals surface area contributed by atoms with Crippen LogP contribution in [0.1, 0.15) is 12.8 Å². The van der Waals surface area contributed by atoms with Crippen molar-refractivity contribution >= 4 is 49.2 Å². The second kappa shape index (κ2) is 6.84. The number of nitrogens with one attached hydrogen (secondary N) is 2. The molecule has 3 N–H and O–H groups in total. The number of fused-ring (bicyclic) bond motifs is 2. The lowest BCUT2D eigenvalue weighted by Crippen LogP contribution is -2.22. The summed E-state index contributed by atoms with van der Waals surface area (Å²) in [6, 6.07) is 7.81. The predicted molar refractivity (Wildman–Crippen MR) is 110 cm³/mol. The summed E-state index contributed by atoms with van der Waals surface area (Å²) in [5.41, 5.74) is 2.58. The second-order valence-electron chi connectivity index (χ2n) is 6.63. The Hall–Kier alpha value is -3.04. The van der Waals surface area contributed by atoms with Gasteiger partial charge < -0.3 is 15.3 Å². The van der Waals surface area contributed by atoms with Gasteiger partial charge in [-0.05, 0) is 18.6 Å². The number of carbonyl (C=O) groups excluding carboxylic acids is 1. The van der Waals surface area contributed by atoms with Crippen molar-refractivity contribution in [2.75, 3.05) is 29.9 Å². The molecule has 1 amide bonds. The van der Waals surface area contributed by atoms with E-state index in [-0.39, 0.29) is 12.5 Å². The van der Waals surface area contributed by atoms with Crippen LogP contribution in [0.3, 0.4) is 0 Å². The van der Waals surface area contributed by atoms with Gasteiger partial charge >= 0.3 is 0 Å². The monoisotopic (exact) mass is 394 g/mol. The van der Waals surface area contributed by atoms with Crippen LogP contribution in [-0.2, 0) is 4.79 Å². The molecule has 1 aromatic carbocycles. The van der Waals surface area contributed by atoms with Gasteiger partial charge in [0, 0.05) is 30.5 Å². The molecule has 1 fully saturated rings. The van der Waals surface area contributed by atoms with Crippen LogP contribution >= 0.6 is 11.3 Å². The SMILES string of the molecule is O=C1CCCN1c1cc2nc(-c3cccc4[nH]ncc34)nc(NCCO)c2s1.